The lowest BCUT2D eigenvalue weighted by molar-refractivity contribution is 0.0697. The van der Waals surface area contributed by atoms with E-state index in [0.29, 0.717) is 12.2 Å². The molecule has 0 saturated carbocycles. The molecule has 0 aliphatic rings. The lowest BCUT2D eigenvalue weighted by atomic mass is 10.1. The van der Waals surface area contributed by atoms with Crippen LogP contribution in [0.2, 0.25) is 0 Å². The molecule has 0 heterocycles. The molecule has 0 radical (unpaired) electrons. The molecule has 0 aliphatic carbocycles. The molecule has 5 heteroatoms. The fraction of sp³-hybridized carbons (Fsp3) is 0.188. The van der Waals surface area contributed by atoms with Crippen molar-refractivity contribution in [1.82, 2.24) is 0 Å². The van der Waals surface area contributed by atoms with E-state index in [-0.39, 0.29) is 5.56 Å². The molecule has 5 nitrogen and oxygen atoms in total. The topological polar surface area (TPSA) is 75.8 Å². The van der Waals surface area contributed by atoms with Gasteiger partial charge in [-0.05, 0) is 24.3 Å². The number of anilines is 2. The molecule has 0 fully saturated rings. The molecular weight excluding hydrogens is 268 g/mol. The fourth-order valence-electron chi connectivity index (χ4n) is 2.21. The number of nitrogens with zero attached hydrogens (tertiary/aromatic N) is 1. The number of nitrogens with two attached hydrogens (primary N) is 1. The Bertz CT molecular complexity index is 656. The second-order valence-electron chi connectivity index (χ2n) is 4.75. The highest BCUT2D eigenvalue weighted by molar-refractivity contribution is 5.90. The van der Waals surface area contributed by atoms with Crippen molar-refractivity contribution in [3.63, 3.8) is 0 Å². The van der Waals surface area contributed by atoms with Gasteiger partial charge in [0.1, 0.15) is 5.75 Å². The number of benzene rings is 2. The van der Waals surface area contributed by atoms with Crippen molar-refractivity contribution < 1.29 is 14.6 Å². The van der Waals surface area contributed by atoms with Crippen LogP contribution < -0.4 is 15.4 Å². The zero-order chi connectivity index (χ0) is 15.4. The van der Waals surface area contributed by atoms with Gasteiger partial charge in [0.2, 0.25) is 0 Å². The summed E-state index contributed by atoms with van der Waals surface area (Å²) in [5.74, 6) is -0.175. The second kappa shape index (κ2) is 6.17. The average molecular weight is 286 g/mol. The third-order valence-corrected chi connectivity index (χ3v) is 3.29. The largest absolute Gasteiger partial charge is 0.496 e. The molecule has 0 spiro atoms. The maximum absolute atomic E-state index is 10.9. The van der Waals surface area contributed by atoms with Crippen LogP contribution in [-0.4, -0.2) is 25.2 Å². The SMILES string of the molecule is COc1ccccc1CN(C)c1ccc(C(=O)O)cc1N. The van der Waals surface area contributed by atoms with Gasteiger partial charge in [-0.1, -0.05) is 18.2 Å². The molecular formula is C16H18N2O3. The average Bonchev–Trinajstić information content (AvgIpc) is 2.47. The van der Waals surface area contributed by atoms with Crippen molar-refractivity contribution in [3.05, 3.63) is 53.6 Å². The predicted octanol–water partition coefficient (Wildman–Crippen LogP) is 2.61. The molecule has 0 aromatic heterocycles. The van der Waals surface area contributed by atoms with Crippen molar-refractivity contribution >= 4 is 17.3 Å². The van der Waals surface area contributed by atoms with Crippen molar-refractivity contribution in [2.45, 2.75) is 6.54 Å². The van der Waals surface area contributed by atoms with Crippen LogP contribution in [-0.2, 0) is 6.54 Å². The highest BCUT2D eigenvalue weighted by Gasteiger charge is 2.11. The van der Waals surface area contributed by atoms with E-state index in [1.807, 2.05) is 36.2 Å². The highest BCUT2D eigenvalue weighted by atomic mass is 16.5. The van der Waals surface area contributed by atoms with Gasteiger partial charge >= 0.3 is 5.97 Å². The summed E-state index contributed by atoms with van der Waals surface area (Å²) >= 11 is 0. The summed E-state index contributed by atoms with van der Waals surface area (Å²) in [6.45, 7) is 0.612. The quantitative estimate of drug-likeness (QED) is 0.826. The maximum atomic E-state index is 10.9. The van der Waals surface area contributed by atoms with Crippen LogP contribution in [0.3, 0.4) is 0 Å². The van der Waals surface area contributed by atoms with Crippen LogP contribution in [0.5, 0.6) is 5.75 Å². The first-order valence-electron chi connectivity index (χ1n) is 6.48. The number of aromatic carboxylic acids is 1. The number of carbonyl (C=O) groups is 1. The molecule has 21 heavy (non-hydrogen) atoms. The summed E-state index contributed by atoms with van der Waals surface area (Å²) < 4.78 is 5.33. The van der Waals surface area contributed by atoms with E-state index in [9.17, 15) is 4.79 Å². The molecule has 0 aliphatic heterocycles. The van der Waals surface area contributed by atoms with Gasteiger partial charge in [0.05, 0.1) is 24.0 Å². The Hall–Kier alpha value is -2.69. The Balaban J connectivity index is 2.24. The number of nitrogen functional groups attached to an aromatic ring is 1. The van der Waals surface area contributed by atoms with Crippen molar-refractivity contribution in [3.8, 4) is 5.75 Å². The standard InChI is InChI=1S/C16H18N2O3/c1-18(10-12-5-3-4-6-15(12)21-2)14-8-7-11(16(19)20)9-13(14)17/h3-9H,10,17H2,1-2H3,(H,19,20). The first-order valence-corrected chi connectivity index (χ1v) is 6.48. The fourth-order valence-corrected chi connectivity index (χ4v) is 2.21. The maximum Gasteiger partial charge on any atom is 0.335 e. The molecule has 0 saturated heterocycles. The minimum absolute atomic E-state index is 0.182. The third kappa shape index (κ3) is 3.25. The summed E-state index contributed by atoms with van der Waals surface area (Å²) in [6, 6.07) is 12.5. The van der Waals surface area contributed by atoms with Gasteiger partial charge < -0.3 is 20.5 Å². The second-order valence-corrected chi connectivity index (χ2v) is 4.75. The Kier molecular flexibility index (Phi) is 4.33. The minimum Gasteiger partial charge on any atom is -0.496 e. The van der Waals surface area contributed by atoms with Gasteiger partial charge in [0, 0.05) is 19.2 Å². The predicted molar refractivity (Wildman–Crippen MR) is 82.9 cm³/mol. The van der Waals surface area contributed by atoms with E-state index in [4.69, 9.17) is 15.6 Å². The minimum atomic E-state index is -0.986. The number of para-hydroxylation sites is 1. The molecule has 0 atom stereocenters. The van der Waals surface area contributed by atoms with Gasteiger partial charge in [0.15, 0.2) is 0 Å². The number of hydrogen-bond donors (Lipinski definition) is 2. The van der Waals surface area contributed by atoms with Gasteiger partial charge in [-0.3, -0.25) is 0 Å². The van der Waals surface area contributed by atoms with Crippen LogP contribution in [0.1, 0.15) is 15.9 Å². The summed E-state index contributed by atoms with van der Waals surface area (Å²) in [5.41, 5.74) is 8.38. The number of ether oxygens (including phenoxy) is 1. The van der Waals surface area contributed by atoms with Crippen molar-refractivity contribution in [2.24, 2.45) is 0 Å². The molecule has 0 bridgehead atoms. The Morgan fingerprint density at radius 2 is 2.00 bits per heavy atom. The summed E-state index contributed by atoms with van der Waals surface area (Å²) in [6.07, 6.45) is 0. The molecule has 2 rings (SSSR count). The lowest BCUT2D eigenvalue weighted by Crippen LogP contribution is -2.18. The van der Waals surface area contributed by atoms with Gasteiger partial charge in [-0.25, -0.2) is 4.79 Å². The van der Waals surface area contributed by atoms with Crippen LogP contribution in [0.15, 0.2) is 42.5 Å². The van der Waals surface area contributed by atoms with Gasteiger partial charge in [-0.2, -0.15) is 0 Å². The van der Waals surface area contributed by atoms with Crippen molar-refractivity contribution in [2.75, 3.05) is 24.8 Å². The van der Waals surface area contributed by atoms with Gasteiger partial charge in [-0.15, -0.1) is 0 Å². The van der Waals surface area contributed by atoms with E-state index >= 15 is 0 Å². The molecule has 0 amide bonds. The Morgan fingerprint density at radius 1 is 1.29 bits per heavy atom. The Labute approximate surface area is 123 Å². The molecule has 110 valence electrons. The van der Waals surface area contributed by atoms with E-state index in [0.717, 1.165) is 17.0 Å². The number of hydrogen-bond acceptors (Lipinski definition) is 4. The Morgan fingerprint density at radius 3 is 2.62 bits per heavy atom. The van der Waals surface area contributed by atoms with Crippen LogP contribution in [0, 0.1) is 0 Å². The van der Waals surface area contributed by atoms with E-state index in [1.54, 1.807) is 19.2 Å². The number of methoxy groups -OCH3 is 1. The summed E-state index contributed by atoms with van der Waals surface area (Å²) in [7, 11) is 3.54. The molecule has 3 N–H and O–H groups in total. The zero-order valence-corrected chi connectivity index (χ0v) is 12.0. The van der Waals surface area contributed by atoms with E-state index < -0.39 is 5.97 Å². The third-order valence-electron chi connectivity index (χ3n) is 3.29. The molecule has 2 aromatic rings. The van der Waals surface area contributed by atoms with Crippen molar-refractivity contribution in [1.29, 1.82) is 0 Å². The number of rotatable bonds is 5. The number of carboxylic acids is 1. The monoisotopic (exact) mass is 286 g/mol. The normalized spacial score (nSPS) is 10.2. The molecule has 2 aromatic carbocycles. The van der Waals surface area contributed by atoms with E-state index in [1.165, 1.54) is 6.07 Å². The zero-order valence-electron chi connectivity index (χ0n) is 12.0. The number of carboxylic acid groups (broad SMARTS) is 1. The van der Waals surface area contributed by atoms with Crippen LogP contribution in [0.4, 0.5) is 11.4 Å². The highest BCUT2D eigenvalue weighted by Crippen LogP contribution is 2.27. The van der Waals surface area contributed by atoms with Gasteiger partial charge in [0.25, 0.3) is 0 Å². The first kappa shape index (κ1) is 14.7. The first-order chi connectivity index (χ1) is 10.0. The molecule has 0 unspecified atom stereocenters. The lowest BCUT2D eigenvalue weighted by Gasteiger charge is -2.22. The van der Waals surface area contributed by atoms with E-state index in [2.05, 4.69) is 0 Å². The smallest absolute Gasteiger partial charge is 0.335 e. The summed E-state index contributed by atoms with van der Waals surface area (Å²) in [5, 5.41) is 8.96. The van der Waals surface area contributed by atoms with Crippen LogP contribution >= 0.6 is 0 Å². The van der Waals surface area contributed by atoms with Crippen LogP contribution in [0.25, 0.3) is 0 Å². The summed E-state index contributed by atoms with van der Waals surface area (Å²) in [4.78, 5) is 12.9.